The minimum Gasteiger partial charge on any atom is -0.405 e. The van der Waals surface area contributed by atoms with E-state index in [1.807, 2.05) is 0 Å². The summed E-state index contributed by atoms with van der Waals surface area (Å²) in [5.74, 6) is 0.0390. The van der Waals surface area contributed by atoms with E-state index in [4.69, 9.17) is 16.3 Å². The monoisotopic (exact) mass is 424 g/mol. The smallest absolute Gasteiger partial charge is 0.405 e. The molecule has 29 heavy (non-hydrogen) atoms. The van der Waals surface area contributed by atoms with Crippen LogP contribution in [0.1, 0.15) is 12.8 Å². The quantitative estimate of drug-likeness (QED) is 0.632. The van der Waals surface area contributed by atoms with Crippen molar-refractivity contribution in [3.8, 4) is 17.0 Å². The second-order valence-corrected chi connectivity index (χ2v) is 6.96. The maximum atomic E-state index is 12.9. The molecule has 3 aromatic rings. The van der Waals surface area contributed by atoms with Crippen LogP contribution in [0.4, 0.5) is 19.0 Å². The number of anilines is 1. The van der Waals surface area contributed by atoms with Gasteiger partial charge in [-0.15, -0.1) is 23.4 Å². The van der Waals surface area contributed by atoms with E-state index in [0.29, 0.717) is 23.1 Å². The van der Waals surface area contributed by atoms with Crippen LogP contribution < -0.4 is 10.1 Å². The summed E-state index contributed by atoms with van der Waals surface area (Å²) in [6, 6.07) is 5.66. The molecule has 6 nitrogen and oxygen atoms in total. The summed E-state index contributed by atoms with van der Waals surface area (Å²) in [7, 11) is 0. The molecule has 152 valence electrons. The number of pyridine rings is 1. The molecule has 1 saturated heterocycles. The van der Waals surface area contributed by atoms with Crippen LogP contribution in [0.5, 0.6) is 5.75 Å². The van der Waals surface area contributed by atoms with Gasteiger partial charge in [-0.25, -0.2) is 0 Å². The lowest BCUT2D eigenvalue weighted by atomic mass is 10.1. The number of benzene rings is 1. The van der Waals surface area contributed by atoms with Gasteiger partial charge in [-0.05, 0) is 37.1 Å². The van der Waals surface area contributed by atoms with Gasteiger partial charge in [0.1, 0.15) is 11.4 Å². The van der Waals surface area contributed by atoms with Crippen molar-refractivity contribution in [2.75, 3.05) is 18.5 Å². The lowest BCUT2D eigenvalue weighted by molar-refractivity contribution is -0.274. The van der Waals surface area contributed by atoms with Gasteiger partial charge in [0.05, 0.1) is 6.10 Å². The summed E-state index contributed by atoms with van der Waals surface area (Å²) in [6.07, 6.45) is 0.317. The number of ether oxygens (including phenoxy) is 2. The Morgan fingerprint density at radius 1 is 1.21 bits per heavy atom. The molecule has 0 radical (unpaired) electrons. The van der Waals surface area contributed by atoms with Gasteiger partial charge in [0.15, 0.2) is 5.82 Å². The molecule has 0 saturated carbocycles. The van der Waals surface area contributed by atoms with Gasteiger partial charge in [0.2, 0.25) is 0 Å². The first-order valence-corrected chi connectivity index (χ1v) is 9.30. The Labute approximate surface area is 169 Å². The van der Waals surface area contributed by atoms with E-state index >= 15 is 0 Å². The number of hydrogen-bond acceptors (Lipinski definition) is 6. The van der Waals surface area contributed by atoms with Crippen molar-refractivity contribution in [3.63, 3.8) is 0 Å². The number of fused-ring (bicyclic) bond motifs is 1. The number of rotatable bonds is 5. The first-order chi connectivity index (χ1) is 13.9. The minimum atomic E-state index is -4.87. The average Bonchev–Trinajstić information content (AvgIpc) is 3.19. The van der Waals surface area contributed by atoms with Crippen molar-refractivity contribution >= 4 is 28.2 Å². The number of alkyl halides is 3. The third-order valence-electron chi connectivity index (χ3n) is 4.53. The van der Waals surface area contributed by atoms with Gasteiger partial charge in [-0.2, -0.15) is 0 Å². The van der Waals surface area contributed by atoms with E-state index in [2.05, 4.69) is 25.2 Å². The number of aromatic nitrogens is 3. The van der Waals surface area contributed by atoms with Crippen molar-refractivity contribution in [2.24, 2.45) is 0 Å². The molecule has 1 fully saturated rings. The molecule has 1 aliphatic heterocycles. The summed E-state index contributed by atoms with van der Waals surface area (Å²) in [4.78, 5) is 4.11. The summed E-state index contributed by atoms with van der Waals surface area (Å²) in [6.45, 7) is 1.29. The van der Waals surface area contributed by atoms with E-state index in [0.717, 1.165) is 25.5 Å². The molecule has 1 atom stereocenters. The summed E-state index contributed by atoms with van der Waals surface area (Å²) >= 11 is 5.86. The predicted molar refractivity (Wildman–Crippen MR) is 102 cm³/mol. The Morgan fingerprint density at radius 3 is 2.83 bits per heavy atom. The molecule has 0 amide bonds. The van der Waals surface area contributed by atoms with E-state index in [9.17, 15) is 13.2 Å². The van der Waals surface area contributed by atoms with Gasteiger partial charge in [-0.1, -0.05) is 11.6 Å². The Hall–Kier alpha value is -2.65. The molecule has 1 aromatic carbocycles. The molecule has 2 aromatic heterocycles. The van der Waals surface area contributed by atoms with Gasteiger partial charge in [0, 0.05) is 46.9 Å². The third kappa shape index (κ3) is 4.51. The maximum absolute atomic E-state index is 12.9. The van der Waals surface area contributed by atoms with Crippen LogP contribution in [-0.4, -0.2) is 40.8 Å². The van der Waals surface area contributed by atoms with Gasteiger partial charge >= 0.3 is 6.36 Å². The maximum Gasteiger partial charge on any atom is 0.573 e. The highest BCUT2D eigenvalue weighted by Crippen LogP contribution is 2.38. The molecule has 0 unspecified atom stereocenters. The first kappa shape index (κ1) is 19.7. The Kier molecular flexibility index (Phi) is 5.42. The summed E-state index contributed by atoms with van der Waals surface area (Å²) in [5, 5.41) is 12.9. The van der Waals surface area contributed by atoms with Crippen LogP contribution in [0.2, 0.25) is 5.02 Å². The normalized spacial score (nSPS) is 16.9. The SMILES string of the molecule is FC(F)(F)Oc1cc(Cl)ccc1-c1nnc(NC[C@H]2CCCO2)c2cnccc12. The van der Waals surface area contributed by atoms with Crippen molar-refractivity contribution in [1.29, 1.82) is 0 Å². The molecule has 1 aliphatic rings. The second kappa shape index (κ2) is 8.00. The van der Waals surface area contributed by atoms with E-state index in [1.165, 1.54) is 18.3 Å². The van der Waals surface area contributed by atoms with E-state index < -0.39 is 12.1 Å². The molecule has 10 heteroatoms. The lowest BCUT2D eigenvalue weighted by Crippen LogP contribution is -2.19. The molecule has 0 spiro atoms. The fourth-order valence-electron chi connectivity index (χ4n) is 3.24. The van der Waals surface area contributed by atoms with Gasteiger partial charge < -0.3 is 14.8 Å². The molecule has 0 bridgehead atoms. The largest absolute Gasteiger partial charge is 0.573 e. The van der Waals surface area contributed by atoms with Crippen LogP contribution in [-0.2, 0) is 4.74 Å². The third-order valence-corrected chi connectivity index (χ3v) is 4.76. The van der Waals surface area contributed by atoms with Crippen LogP contribution in [0.25, 0.3) is 22.0 Å². The zero-order valence-corrected chi connectivity index (χ0v) is 15.8. The van der Waals surface area contributed by atoms with Crippen molar-refractivity contribution in [1.82, 2.24) is 15.2 Å². The second-order valence-electron chi connectivity index (χ2n) is 6.52. The van der Waals surface area contributed by atoms with Gasteiger partial charge in [-0.3, -0.25) is 4.98 Å². The predicted octanol–water partition coefficient (Wildman–Crippen LogP) is 4.83. The number of nitrogens with one attached hydrogen (secondary N) is 1. The van der Waals surface area contributed by atoms with Gasteiger partial charge in [0.25, 0.3) is 0 Å². The Morgan fingerprint density at radius 2 is 2.07 bits per heavy atom. The highest BCUT2D eigenvalue weighted by molar-refractivity contribution is 6.30. The number of hydrogen-bond donors (Lipinski definition) is 1. The van der Waals surface area contributed by atoms with Crippen LogP contribution in [0, 0.1) is 0 Å². The zero-order valence-electron chi connectivity index (χ0n) is 15.0. The topological polar surface area (TPSA) is 69.2 Å². The highest BCUT2D eigenvalue weighted by Gasteiger charge is 2.33. The molecular weight excluding hydrogens is 409 g/mol. The lowest BCUT2D eigenvalue weighted by Gasteiger charge is -2.16. The summed E-state index contributed by atoms with van der Waals surface area (Å²) < 4.78 is 48.3. The molecule has 0 aliphatic carbocycles. The minimum absolute atomic E-state index is 0.0891. The molecule has 3 heterocycles. The van der Waals surface area contributed by atoms with Crippen LogP contribution in [0.15, 0.2) is 36.7 Å². The van der Waals surface area contributed by atoms with Crippen LogP contribution in [0.3, 0.4) is 0 Å². The van der Waals surface area contributed by atoms with E-state index in [1.54, 1.807) is 12.3 Å². The fourth-order valence-corrected chi connectivity index (χ4v) is 3.41. The zero-order chi connectivity index (χ0) is 20.4. The van der Waals surface area contributed by atoms with Crippen molar-refractivity contribution in [3.05, 3.63) is 41.7 Å². The van der Waals surface area contributed by atoms with Crippen molar-refractivity contribution < 1.29 is 22.6 Å². The first-order valence-electron chi connectivity index (χ1n) is 8.92. The average molecular weight is 425 g/mol. The van der Waals surface area contributed by atoms with Crippen molar-refractivity contribution in [2.45, 2.75) is 25.3 Å². The Balaban J connectivity index is 1.75. The fraction of sp³-hybridized carbons (Fsp3) is 0.316. The summed E-state index contributed by atoms with van der Waals surface area (Å²) in [5.41, 5.74) is 0.363. The van der Waals surface area contributed by atoms with E-state index in [-0.39, 0.29) is 22.4 Å². The molecule has 1 N–H and O–H groups in total. The molecular formula is C19H16ClF3N4O2. The standard InChI is InChI=1S/C19H16ClF3N4O2/c20-11-3-4-14(16(8-11)29-19(21,22)23)17-13-5-6-24-10-15(13)18(27-26-17)25-9-12-2-1-7-28-12/h3-6,8,10,12H,1-2,7,9H2,(H,25,27)/t12-/m1/s1. The number of halogens is 4. The molecule has 4 rings (SSSR count). The Bertz CT molecular complexity index is 1030. The number of nitrogens with zero attached hydrogens (tertiary/aromatic N) is 3. The van der Waals surface area contributed by atoms with Crippen LogP contribution >= 0.6 is 11.6 Å². The highest BCUT2D eigenvalue weighted by atomic mass is 35.5.